The van der Waals surface area contributed by atoms with Gasteiger partial charge in [-0.1, -0.05) is 23.2 Å². The van der Waals surface area contributed by atoms with Gasteiger partial charge in [-0.05, 0) is 30.7 Å². The zero-order valence-electron chi connectivity index (χ0n) is 11.4. The molecule has 0 radical (unpaired) electrons. The van der Waals surface area contributed by atoms with Gasteiger partial charge in [-0.25, -0.2) is 0 Å². The number of aromatic nitrogens is 2. The first-order valence-corrected chi connectivity index (χ1v) is 7.13. The molecule has 0 aliphatic carbocycles. The number of halogens is 2. The van der Waals surface area contributed by atoms with Crippen LogP contribution < -0.4 is 10.1 Å². The Balaban J connectivity index is 2.11. The van der Waals surface area contributed by atoms with Crippen molar-refractivity contribution in [3.05, 3.63) is 46.2 Å². The second-order valence-corrected chi connectivity index (χ2v) is 5.19. The van der Waals surface area contributed by atoms with Gasteiger partial charge in [0.05, 0.1) is 25.0 Å². The molecule has 1 atom stereocenters. The van der Waals surface area contributed by atoms with Crippen LogP contribution in [0.15, 0.2) is 30.6 Å². The van der Waals surface area contributed by atoms with Crippen molar-refractivity contribution in [2.75, 3.05) is 18.5 Å². The van der Waals surface area contributed by atoms with Gasteiger partial charge in [0, 0.05) is 10.0 Å². The van der Waals surface area contributed by atoms with E-state index in [1.165, 1.54) is 6.20 Å². The van der Waals surface area contributed by atoms with E-state index >= 15 is 0 Å². The molecule has 7 heteroatoms. The summed E-state index contributed by atoms with van der Waals surface area (Å²) in [6.07, 6.45) is 3.07. The van der Waals surface area contributed by atoms with Crippen LogP contribution in [-0.2, 0) is 0 Å². The fraction of sp³-hybridized carbons (Fsp3) is 0.286. The molecule has 0 amide bonds. The lowest BCUT2D eigenvalue weighted by atomic mass is 10.1. The molecule has 112 valence electrons. The van der Waals surface area contributed by atoms with Crippen LogP contribution in [0.1, 0.15) is 18.5 Å². The van der Waals surface area contributed by atoms with Crippen molar-refractivity contribution in [1.29, 1.82) is 0 Å². The Morgan fingerprint density at radius 1 is 1.33 bits per heavy atom. The van der Waals surface area contributed by atoms with E-state index < -0.39 is 0 Å². The third-order valence-corrected chi connectivity index (χ3v) is 3.32. The third-order valence-electron chi connectivity index (χ3n) is 2.74. The maximum Gasteiger partial charge on any atom is 0.234 e. The minimum Gasteiger partial charge on any atom is -0.474 e. The van der Waals surface area contributed by atoms with Gasteiger partial charge in [0.25, 0.3) is 0 Å². The smallest absolute Gasteiger partial charge is 0.234 e. The van der Waals surface area contributed by atoms with Crippen molar-refractivity contribution in [3.8, 4) is 5.88 Å². The van der Waals surface area contributed by atoms with Crippen molar-refractivity contribution in [1.82, 2.24) is 9.97 Å². The minimum absolute atomic E-state index is 0.0755. The predicted octanol–water partition coefficient (Wildman–Crippen LogP) is 3.33. The number of ether oxygens (including phenoxy) is 1. The van der Waals surface area contributed by atoms with Crippen molar-refractivity contribution in [2.24, 2.45) is 0 Å². The molecule has 0 bridgehead atoms. The maximum absolute atomic E-state index is 8.73. The van der Waals surface area contributed by atoms with E-state index in [1.54, 1.807) is 24.4 Å². The summed E-state index contributed by atoms with van der Waals surface area (Å²) >= 11 is 12.2. The summed E-state index contributed by atoms with van der Waals surface area (Å²) in [5.41, 5.74) is 0.868. The first-order valence-electron chi connectivity index (χ1n) is 6.37. The van der Waals surface area contributed by atoms with Gasteiger partial charge in [-0.2, -0.15) is 4.98 Å². The predicted molar refractivity (Wildman–Crippen MR) is 83.1 cm³/mol. The van der Waals surface area contributed by atoms with Crippen LogP contribution in [0.25, 0.3) is 0 Å². The molecule has 0 saturated carbocycles. The molecule has 0 aliphatic rings. The monoisotopic (exact) mass is 327 g/mol. The van der Waals surface area contributed by atoms with Gasteiger partial charge in [-0.15, -0.1) is 0 Å². The first-order chi connectivity index (χ1) is 10.1. The van der Waals surface area contributed by atoms with Gasteiger partial charge in [0.2, 0.25) is 5.88 Å². The summed E-state index contributed by atoms with van der Waals surface area (Å²) < 4.78 is 5.22. The number of benzene rings is 1. The van der Waals surface area contributed by atoms with Crippen LogP contribution in [0.4, 0.5) is 5.82 Å². The number of aliphatic hydroxyl groups excluding tert-OH is 1. The quantitative estimate of drug-likeness (QED) is 0.851. The third kappa shape index (κ3) is 4.46. The first kappa shape index (κ1) is 15.8. The topological polar surface area (TPSA) is 67.3 Å². The van der Waals surface area contributed by atoms with Crippen molar-refractivity contribution in [2.45, 2.75) is 13.0 Å². The maximum atomic E-state index is 8.73. The SMILES string of the molecule is C[C@H](Nc1cncc(OCCO)n1)c1cc(Cl)ccc1Cl. The summed E-state index contributed by atoms with van der Waals surface area (Å²) in [5.74, 6) is 0.896. The molecule has 1 heterocycles. The Morgan fingerprint density at radius 3 is 2.90 bits per heavy atom. The Labute approximate surface area is 132 Å². The summed E-state index contributed by atoms with van der Waals surface area (Å²) in [6.45, 7) is 2.04. The molecular formula is C14H15Cl2N3O2. The molecule has 0 spiro atoms. The number of aliphatic hydroxyl groups is 1. The molecule has 1 aromatic heterocycles. The molecule has 0 saturated heterocycles. The molecule has 5 nitrogen and oxygen atoms in total. The zero-order valence-corrected chi connectivity index (χ0v) is 12.9. The Morgan fingerprint density at radius 2 is 2.14 bits per heavy atom. The highest BCUT2D eigenvalue weighted by Gasteiger charge is 2.11. The second kappa shape index (κ2) is 7.45. The van der Waals surface area contributed by atoms with E-state index in [0.717, 1.165) is 5.56 Å². The normalized spacial score (nSPS) is 12.0. The Hall–Kier alpha value is -1.56. The van der Waals surface area contributed by atoms with Crippen LogP contribution in [0, 0.1) is 0 Å². The molecule has 2 aromatic rings. The van der Waals surface area contributed by atoms with Crippen LogP contribution in [0.3, 0.4) is 0 Å². The highest BCUT2D eigenvalue weighted by Crippen LogP contribution is 2.28. The summed E-state index contributed by atoms with van der Waals surface area (Å²) in [7, 11) is 0. The fourth-order valence-electron chi connectivity index (χ4n) is 1.78. The van der Waals surface area contributed by atoms with Gasteiger partial charge in [0.15, 0.2) is 0 Å². The summed E-state index contributed by atoms with van der Waals surface area (Å²) in [4.78, 5) is 8.28. The van der Waals surface area contributed by atoms with E-state index in [4.69, 9.17) is 33.0 Å². The number of hydrogen-bond acceptors (Lipinski definition) is 5. The Bertz CT molecular complexity index is 611. The van der Waals surface area contributed by atoms with E-state index in [2.05, 4.69) is 15.3 Å². The highest BCUT2D eigenvalue weighted by atomic mass is 35.5. The van der Waals surface area contributed by atoms with Gasteiger partial charge < -0.3 is 15.2 Å². The van der Waals surface area contributed by atoms with Crippen molar-refractivity contribution < 1.29 is 9.84 Å². The average molecular weight is 328 g/mol. The molecule has 2 rings (SSSR count). The lowest BCUT2D eigenvalue weighted by Gasteiger charge is -2.16. The largest absolute Gasteiger partial charge is 0.474 e. The minimum atomic E-state index is -0.0985. The molecule has 0 fully saturated rings. The molecular weight excluding hydrogens is 313 g/mol. The molecule has 1 aromatic carbocycles. The number of hydrogen-bond donors (Lipinski definition) is 2. The molecule has 0 aliphatic heterocycles. The average Bonchev–Trinajstić information content (AvgIpc) is 2.48. The van der Waals surface area contributed by atoms with Gasteiger partial charge in [0.1, 0.15) is 12.4 Å². The fourth-order valence-corrected chi connectivity index (χ4v) is 2.25. The summed E-state index contributed by atoms with van der Waals surface area (Å²) in [5, 5.41) is 13.2. The molecule has 21 heavy (non-hydrogen) atoms. The van der Waals surface area contributed by atoms with Crippen LogP contribution in [0.5, 0.6) is 5.88 Å². The lowest BCUT2D eigenvalue weighted by molar-refractivity contribution is 0.196. The summed E-state index contributed by atoms with van der Waals surface area (Å²) in [6, 6.07) is 5.20. The number of anilines is 1. The number of nitrogens with zero attached hydrogens (tertiary/aromatic N) is 2. The zero-order chi connectivity index (χ0) is 15.2. The van der Waals surface area contributed by atoms with Gasteiger partial charge >= 0.3 is 0 Å². The van der Waals surface area contributed by atoms with Crippen LogP contribution in [-0.4, -0.2) is 28.3 Å². The van der Waals surface area contributed by atoms with E-state index in [-0.39, 0.29) is 19.3 Å². The van der Waals surface area contributed by atoms with E-state index in [0.29, 0.717) is 21.7 Å². The van der Waals surface area contributed by atoms with E-state index in [9.17, 15) is 0 Å². The highest BCUT2D eigenvalue weighted by molar-refractivity contribution is 6.33. The van der Waals surface area contributed by atoms with Gasteiger partial charge in [-0.3, -0.25) is 4.98 Å². The number of rotatable bonds is 6. The molecule has 2 N–H and O–H groups in total. The van der Waals surface area contributed by atoms with Crippen molar-refractivity contribution >= 4 is 29.0 Å². The van der Waals surface area contributed by atoms with Crippen molar-refractivity contribution in [3.63, 3.8) is 0 Å². The molecule has 0 unspecified atom stereocenters. The van der Waals surface area contributed by atoms with E-state index in [1.807, 2.05) is 6.92 Å². The Kier molecular flexibility index (Phi) is 5.61. The number of nitrogens with one attached hydrogen (secondary N) is 1. The lowest BCUT2D eigenvalue weighted by Crippen LogP contribution is -2.10. The van der Waals surface area contributed by atoms with Crippen LogP contribution in [0.2, 0.25) is 10.0 Å². The second-order valence-electron chi connectivity index (χ2n) is 4.35. The standard InChI is InChI=1S/C14H15Cl2N3O2/c1-9(11-6-10(15)2-3-12(11)16)18-13-7-17-8-14(19-13)21-5-4-20/h2-3,6-9,20H,4-5H2,1H3,(H,18,19)/t9-/m0/s1. The van der Waals surface area contributed by atoms with Crippen LogP contribution >= 0.6 is 23.2 Å².